The molecule has 1 aromatic heterocycles. The van der Waals surface area contributed by atoms with E-state index in [1.807, 2.05) is 0 Å². The van der Waals surface area contributed by atoms with Crippen LogP contribution in [0.4, 0.5) is 4.39 Å². The van der Waals surface area contributed by atoms with E-state index < -0.39 is 11.9 Å². The van der Waals surface area contributed by atoms with Crippen molar-refractivity contribution in [1.82, 2.24) is 10.1 Å². The van der Waals surface area contributed by atoms with E-state index in [0.717, 1.165) is 0 Å². The lowest BCUT2D eigenvalue weighted by Gasteiger charge is -2.01. The highest BCUT2D eigenvalue weighted by atomic mass is 35.5. The highest BCUT2D eigenvalue weighted by Crippen LogP contribution is 2.20. The summed E-state index contributed by atoms with van der Waals surface area (Å²) in [4.78, 5) is 4.09. The van der Waals surface area contributed by atoms with E-state index in [1.54, 1.807) is 12.1 Å². The highest BCUT2D eigenvalue weighted by Gasteiger charge is 2.15. The maximum atomic E-state index is 13.7. The minimum Gasteiger partial charge on any atom is -0.338 e. The topological polar surface area (TPSA) is 64.9 Å². The smallest absolute Gasteiger partial charge is 0.244 e. The van der Waals surface area contributed by atoms with Gasteiger partial charge in [0.25, 0.3) is 0 Å². The minimum absolute atomic E-state index is 0.0604. The predicted octanol–water partition coefficient (Wildman–Crippen LogP) is 2.48. The van der Waals surface area contributed by atoms with Crippen LogP contribution in [0, 0.1) is 18.2 Å². The van der Waals surface area contributed by atoms with E-state index in [1.165, 1.54) is 6.07 Å². The first-order valence-electron chi connectivity index (χ1n) is 5.56. The van der Waals surface area contributed by atoms with Crippen molar-refractivity contribution in [2.45, 2.75) is 18.9 Å². The first-order chi connectivity index (χ1) is 9.11. The number of rotatable bonds is 4. The molecule has 1 atom stereocenters. The Balaban J connectivity index is 2.16. The van der Waals surface area contributed by atoms with Gasteiger partial charge in [0.05, 0.1) is 11.1 Å². The van der Waals surface area contributed by atoms with Gasteiger partial charge in [-0.25, -0.2) is 4.39 Å². The van der Waals surface area contributed by atoms with Crippen molar-refractivity contribution in [2.24, 2.45) is 5.73 Å². The second-order valence-corrected chi connectivity index (χ2v) is 4.36. The van der Waals surface area contributed by atoms with Crippen molar-refractivity contribution in [3.63, 3.8) is 0 Å². The molecule has 0 spiro atoms. The van der Waals surface area contributed by atoms with Crippen molar-refractivity contribution in [1.29, 1.82) is 0 Å². The van der Waals surface area contributed by atoms with Gasteiger partial charge >= 0.3 is 0 Å². The molecular formula is C13H11ClFN3O. The van der Waals surface area contributed by atoms with Crippen LogP contribution >= 0.6 is 11.6 Å². The Hall–Kier alpha value is -1.90. The van der Waals surface area contributed by atoms with Gasteiger partial charge in [0.1, 0.15) is 5.82 Å². The molecule has 0 bridgehead atoms. The van der Waals surface area contributed by atoms with Gasteiger partial charge in [-0.1, -0.05) is 28.9 Å². The maximum Gasteiger partial charge on any atom is 0.244 e. The molecule has 0 aliphatic carbocycles. The van der Waals surface area contributed by atoms with Crippen LogP contribution in [-0.4, -0.2) is 10.1 Å². The first-order valence-corrected chi connectivity index (χ1v) is 5.94. The molecule has 2 N–H and O–H groups in total. The molecule has 1 aromatic carbocycles. The monoisotopic (exact) mass is 279 g/mol. The molecular weight excluding hydrogens is 269 g/mol. The predicted molar refractivity (Wildman–Crippen MR) is 68.9 cm³/mol. The first kappa shape index (κ1) is 13.5. The van der Waals surface area contributed by atoms with Gasteiger partial charge in [-0.3, -0.25) is 0 Å². The molecule has 0 aliphatic rings. The Bertz CT molecular complexity index is 621. The summed E-state index contributed by atoms with van der Waals surface area (Å²) in [6.07, 6.45) is 5.63. The molecule has 2 aromatic rings. The van der Waals surface area contributed by atoms with Gasteiger partial charge in [0, 0.05) is 12.8 Å². The third-order valence-corrected chi connectivity index (χ3v) is 2.81. The average Bonchev–Trinajstić information content (AvgIpc) is 2.84. The molecule has 1 heterocycles. The number of benzene rings is 1. The summed E-state index contributed by atoms with van der Waals surface area (Å²) < 4.78 is 18.7. The third kappa shape index (κ3) is 3.11. The van der Waals surface area contributed by atoms with E-state index in [9.17, 15) is 4.39 Å². The van der Waals surface area contributed by atoms with Crippen molar-refractivity contribution in [3.8, 4) is 12.3 Å². The summed E-state index contributed by atoms with van der Waals surface area (Å²) in [6.45, 7) is 0. The number of halogens is 2. The molecule has 0 amide bonds. The summed E-state index contributed by atoms with van der Waals surface area (Å²) in [5.74, 6) is 2.51. The van der Waals surface area contributed by atoms with E-state index in [2.05, 4.69) is 16.1 Å². The molecule has 2 rings (SSSR count). The molecule has 0 fully saturated rings. The largest absolute Gasteiger partial charge is 0.338 e. The lowest BCUT2D eigenvalue weighted by Crippen LogP contribution is -2.09. The average molecular weight is 280 g/mol. The van der Waals surface area contributed by atoms with Crippen LogP contribution in [0.3, 0.4) is 0 Å². The second kappa shape index (κ2) is 5.83. The quantitative estimate of drug-likeness (QED) is 0.873. The number of nitrogens with two attached hydrogens (primary N) is 1. The fraction of sp³-hybridized carbons (Fsp3) is 0.231. The number of terminal acetylenes is 1. The normalized spacial score (nSPS) is 12.1. The Morgan fingerprint density at radius 2 is 2.32 bits per heavy atom. The number of nitrogens with zero attached hydrogens (tertiary/aromatic N) is 2. The Labute approximate surface area is 114 Å². The van der Waals surface area contributed by atoms with Gasteiger partial charge in [0.15, 0.2) is 5.82 Å². The SMILES string of the molecule is C#CCC(N)c1nc(Cc2cccc(Cl)c2F)no1. The molecule has 19 heavy (non-hydrogen) atoms. The molecule has 4 nitrogen and oxygen atoms in total. The zero-order chi connectivity index (χ0) is 13.8. The van der Waals surface area contributed by atoms with E-state index in [4.69, 9.17) is 28.3 Å². The van der Waals surface area contributed by atoms with E-state index >= 15 is 0 Å². The zero-order valence-corrected chi connectivity index (χ0v) is 10.7. The minimum atomic E-state index is -0.504. The summed E-state index contributed by atoms with van der Waals surface area (Å²) >= 11 is 5.70. The van der Waals surface area contributed by atoms with Gasteiger partial charge in [-0.05, 0) is 11.6 Å². The standard InChI is InChI=1S/C13H11ClFN3O/c1-2-4-10(16)13-17-11(18-19-13)7-8-5-3-6-9(14)12(8)15/h1,3,5-6,10H,4,7,16H2. The summed E-state index contributed by atoms with van der Waals surface area (Å²) in [6, 6.07) is 4.24. The molecule has 6 heteroatoms. The summed E-state index contributed by atoms with van der Waals surface area (Å²) in [5.41, 5.74) is 6.13. The van der Waals surface area contributed by atoms with Gasteiger partial charge in [-0.2, -0.15) is 4.98 Å². The highest BCUT2D eigenvalue weighted by molar-refractivity contribution is 6.30. The van der Waals surface area contributed by atoms with Gasteiger partial charge in [-0.15, -0.1) is 12.3 Å². The Morgan fingerprint density at radius 1 is 1.53 bits per heavy atom. The molecule has 0 saturated carbocycles. The lowest BCUT2D eigenvalue weighted by molar-refractivity contribution is 0.353. The molecule has 0 saturated heterocycles. The molecule has 0 aliphatic heterocycles. The number of aromatic nitrogens is 2. The third-order valence-electron chi connectivity index (χ3n) is 2.52. The van der Waals surface area contributed by atoms with Crippen molar-refractivity contribution in [3.05, 3.63) is 46.3 Å². The van der Waals surface area contributed by atoms with E-state index in [0.29, 0.717) is 17.8 Å². The molecule has 98 valence electrons. The van der Waals surface area contributed by atoms with Gasteiger partial charge < -0.3 is 10.3 Å². The van der Waals surface area contributed by atoms with Crippen LogP contribution < -0.4 is 5.73 Å². The van der Waals surface area contributed by atoms with Crippen LogP contribution in [0.1, 0.15) is 29.7 Å². The van der Waals surface area contributed by atoms with Crippen molar-refractivity contribution in [2.75, 3.05) is 0 Å². The van der Waals surface area contributed by atoms with Crippen LogP contribution in [0.5, 0.6) is 0 Å². The molecule has 1 unspecified atom stereocenters. The summed E-state index contributed by atoms with van der Waals surface area (Å²) in [7, 11) is 0. The fourth-order valence-electron chi connectivity index (χ4n) is 1.56. The fourth-order valence-corrected chi connectivity index (χ4v) is 1.75. The van der Waals surface area contributed by atoms with Crippen LogP contribution in [-0.2, 0) is 6.42 Å². The molecule has 0 radical (unpaired) electrons. The van der Waals surface area contributed by atoms with Gasteiger partial charge in [0.2, 0.25) is 5.89 Å². The maximum absolute atomic E-state index is 13.7. The van der Waals surface area contributed by atoms with Crippen molar-refractivity contribution >= 4 is 11.6 Å². The van der Waals surface area contributed by atoms with Crippen molar-refractivity contribution < 1.29 is 8.91 Å². The zero-order valence-electron chi connectivity index (χ0n) is 9.94. The lowest BCUT2D eigenvalue weighted by atomic mass is 10.1. The Kier molecular flexibility index (Phi) is 4.15. The van der Waals surface area contributed by atoms with Crippen LogP contribution in [0.2, 0.25) is 5.02 Å². The summed E-state index contributed by atoms with van der Waals surface area (Å²) in [5, 5.41) is 3.80. The second-order valence-electron chi connectivity index (χ2n) is 3.95. The van der Waals surface area contributed by atoms with E-state index in [-0.39, 0.29) is 17.3 Å². The van der Waals surface area contributed by atoms with Crippen LogP contribution in [0.15, 0.2) is 22.7 Å². The number of hydrogen-bond acceptors (Lipinski definition) is 4. The van der Waals surface area contributed by atoms with Crippen LogP contribution in [0.25, 0.3) is 0 Å². The Morgan fingerprint density at radius 3 is 3.05 bits per heavy atom. The number of hydrogen-bond donors (Lipinski definition) is 1.